The number of likely N-dealkylation sites (tertiary alicyclic amines) is 1. The largest absolute Gasteiger partial charge is 0.360 e. The van der Waals surface area contributed by atoms with Crippen LogP contribution in [0.4, 0.5) is 5.69 Å². The molecule has 3 aromatic rings. The van der Waals surface area contributed by atoms with E-state index in [1.165, 1.54) is 0 Å². The van der Waals surface area contributed by atoms with Crippen LogP contribution in [-0.4, -0.2) is 36.5 Å². The van der Waals surface area contributed by atoms with Crippen LogP contribution in [0.3, 0.4) is 0 Å². The smallest absolute Gasteiger partial charge is 0.250 e. The number of piperidine rings is 1. The minimum atomic E-state index is -0.571. The maximum absolute atomic E-state index is 12.9. The summed E-state index contributed by atoms with van der Waals surface area (Å²) in [5.41, 5.74) is 3.68. The molecule has 0 aromatic heterocycles. The van der Waals surface area contributed by atoms with E-state index < -0.39 is 5.60 Å². The first kappa shape index (κ1) is 28.1. The molecule has 1 aliphatic rings. The fourth-order valence-corrected chi connectivity index (χ4v) is 5.86. The first-order valence-corrected chi connectivity index (χ1v) is 13.9. The van der Waals surface area contributed by atoms with E-state index >= 15 is 0 Å². The normalized spacial score (nSPS) is 15.3. The Morgan fingerprint density at radius 1 is 1.00 bits per heavy atom. The molecule has 0 atom stereocenters. The highest BCUT2D eigenvalue weighted by Crippen LogP contribution is 2.39. The van der Waals surface area contributed by atoms with Gasteiger partial charge in [-0.3, -0.25) is 4.79 Å². The zero-order valence-corrected chi connectivity index (χ0v) is 23.4. The zero-order chi connectivity index (χ0) is 27.1. The summed E-state index contributed by atoms with van der Waals surface area (Å²) in [6.45, 7) is 6.20. The van der Waals surface area contributed by atoms with Crippen LogP contribution in [0.15, 0.2) is 66.7 Å². The molecule has 1 saturated heterocycles. The number of nitrogens with one attached hydrogen (secondary N) is 1. The van der Waals surface area contributed by atoms with Crippen LogP contribution in [-0.2, 0) is 15.1 Å². The monoisotopic (exact) mass is 549 g/mol. The number of anilines is 1. The Bertz CT molecular complexity index is 1270. The standard InChI is InChI=1S/C31H33Cl2N3O2/c1-3-29(4-2)36-14-12-31(13-15-36,38-21-30(37)35-28-18-26(32)17-27(33)19-28)25-10-8-23(9-11-25)24-7-5-6-22(16-24)20-34/h5-11,16-19,29H,3-4,12-15,21H2,1-2H3,(H,35,37). The number of hydrogen-bond acceptors (Lipinski definition) is 4. The maximum Gasteiger partial charge on any atom is 0.250 e. The van der Waals surface area contributed by atoms with Gasteiger partial charge in [0, 0.05) is 34.9 Å². The van der Waals surface area contributed by atoms with Gasteiger partial charge in [0.1, 0.15) is 6.61 Å². The molecule has 7 heteroatoms. The number of carbonyl (C=O) groups is 1. The SMILES string of the molecule is CCC(CC)N1CCC(OCC(=O)Nc2cc(Cl)cc(Cl)c2)(c2ccc(-c3cccc(C#N)c3)cc2)CC1. The minimum Gasteiger partial charge on any atom is -0.360 e. The molecule has 0 unspecified atom stereocenters. The van der Waals surface area contributed by atoms with Crippen LogP contribution >= 0.6 is 23.2 Å². The lowest BCUT2D eigenvalue weighted by Gasteiger charge is -2.44. The van der Waals surface area contributed by atoms with Crippen molar-refractivity contribution in [3.8, 4) is 17.2 Å². The van der Waals surface area contributed by atoms with Gasteiger partial charge in [0.05, 0.1) is 17.2 Å². The van der Waals surface area contributed by atoms with E-state index in [0.29, 0.717) is 27.3 Å². The topological polar surface area (TPSA) is 65.4 Å². The fraction of sp³-hybridized carbons (Fsp3) is 0.355. The van der Waals surface area contributed by atoms with Gasteiger partial charge in [0.25, 0.3) is 0 Å². The van der Waals surface area contributed by atoms with Gasteiger partial charge in [-0.25, -0.2) is 0 Å². The average molecular weight is 551 g/mol. The third kappa shape index (κ3) is 6.76. The van der Waals surface area contributed by atoms with Crippen LogP contribution < -0.4 is 5.32 Å². The first-order valence-electron chi connectivity index (χ1n) is 13.1. The zero-order valence-electron chi connectivity index (χ0n) is 21.8. The van der Waals surface area contributed by atoms with Gasteiger partial charge in [-0.1, -0.05) is 73.4 Å². The molecular formula is C31H33Cl2N3O2. The molecule has 1 heterocycles. The highest BCUT2D eigenvalue weighted by atomic mass is 35.5. The molecule has 4 rings (SSSR count). The number of rotatable bonds is 9. The number of nitrogens with zero attached hydrogens (tertiary/aromatic N) is 2. The Labute approximate surface area is 235 Å². The molecule has 0 saturated carbocycles. The van der Waals surface area contributed by atoms with Crippen molar-refractivity contribution in [3.63, 3.8) is 0 Å². The van der Waals surface area contributed by atoms with Crippen molar-refractivity contribution in [2.24, 2.45) is 0 Å². The predicted molar refractivity (Wildman–Crippen MR) is 154 cm³/mol. The highest BCUT2D eigenvalue weighted by Gasteiger charge is 2.39. The summed E-state index contributed by atoms with van der Waals surface area (Å²) in [4.78, 5) is 15.4. The predicted octanol–water partition coefficient (Wildman–Crippen LogP) is 7.67. The molecule has 5 nitrogen and oxygen atoms in total. The van der Waals surface area contributed by atoms with E-state index in [1.807, 2.05) is 18.2 Å². The van der Waals surface area contributed by atoms with Crippen molar-refractivity contribution >= 4 is 34.8 Å². The van der Waals surface area contributed by atoms with Crippen LogP contribution in [0, 0.1) is 11.3 Å². The molecule has 1 N–H and O–H groups in total. The molecule has 0 radical (unpaired) electrons. The third-order valence-corrected chi connectivity index (χ3v) is 7.86. The van der Waals surface area contributed by atoms with Gasteiger partial charge >= 0.3 is 0 Å². The Morgan fingerprint density at radius 3 is 2.26 bits per heavy atom. The van der Waals surface area contributed by atoms with Crippen molar-refractivity contribution in [1.82, 2.24) is 4.90 Å². The number of hydrogen-bond donors (Lipinski definition) is 1. The summed E-state index contributed by atoms with van der Waals surface area (Å²) in [7, 11) is 0. The lowest BCUT2D eigenvalue weighted by Crippen LogP contribution is -2.48. The van der Waals surface area contributed by atoms with Crippen molar-refractivity contribution in [3.05, 3.63) is 87.9 Å². The molecule has 3 aromatic carbocycles. The fourth-order valence-electron chi connectivity index (χ4n) is 5.33. The molecule has 198 valence electrons. The van der Waals surface area contributed by atoms with Gasteiger partial charge in [-0.05, 0) is 72.7 Å². The molecule has 1 amide bonds. The number of amides is 1. The van der Waals surface area contributed by atoms with Crippen LogP contribution in [0.2, 0.25) is 10.0 Å². The average Bonchev–Trinajstić information content (AvgIpc) is 2.93. The summed E-state index contributed by atoms with van der Waals surface area (Å²) in [5.74, 6) is -0.255. The second-order valence-corrected chi connectivity index (χ2v) is 10.6. The summed E-state index contributed by atoms with van der Waals surface area (Å²) in [6, 6.07) is 23.6. The summed E-state index contributed by atoms with van der Waals surface area (Å²) < 4.78 is 6.48. The molecule has 1 aliphatic heterocycles. The van der Waals surface area contributed by atoms with E-state index in [1.54, 1.807) is 24.3 Å². The lowest BCUT2D eigenvalue weighted by molar-refractivity contribution is -0.135. The van der Waals surface area contributed by atoms with Gasteiger partial charge in [-0.2, -0.15) is 5.26 Å². The van der Waals surface area contributed by atoms with E-state index in [0.717, 1.165) is 55.5 Å². The second-order valence-electron chi connectivity index (χ2n) is 9.77. The molecular weight excluding hydrogens is 517 g/mol. The second kappa shape index (κ2) is 12.8. The number of nitriles is 1. The third-order valence-electron chi connectivity index (χ3n) is 7.43. The van der Waals surface area contributed by atoms with E-state index in [9.17, 15) is 10.1 Å². The summed E-state index contributed by atoms with van der Waals surface area (Å²) in [5, 5.41) is 13.0. The van der Waals surface area contributed by atoms with E-state index in [-0.39, 0.29) is 12.5 Å². The number of halogens is 2. The first-order chi connectivity index (χ1) is 18.4. The number of carbonyl (C=O) groups excluding carboxylic acids is 1. The molecule has 1 fully saturated rings. The quantitative estimate of drug-likeness (QED) is 0.297. The van der Waals surface area contributed by atoms with Crippen molar-refractivity contribution in [2.45, 2.75) is 51.2 Å². The van der Waals surface area contributed by atoms with Crippen LogP contribution in [0.5, 0.6) is 0 Å². The van der Waals surface area contributed by atoms with E-state index in [2.05, 4.69) is 54.4 Å². The Hall–Kier alpha value is -2.88. The molecule has 38 heavy (non-hydrogen) atoms. The molecule has 0 spiro atoms. The van der Waals surface area contributed by atoms with Crippen molar-refractivity contribution in [2.75, 3.05) is 25.0 Å². The van der Waals surface area contributed by atoms with Gasteiger partial charge in [-0.15, -0.1) is 0 Å². The summed E-state index contributed by atoms with van der Waals surface area (Å²) >= 11 is 12.2. The Kier molecular flexibility index (Phi) is 9.46. The number of benzene rings is 3. The van der Waals surface area contributed by atoms with Crippen molar-refractivity contribution in [1.29, 1.82) is 5.26 Å². The highest BCUT2D eigenvalue weighted by molar-refractivity contribution is 6.35. The summed E-state index contributed by atoms with van der Waals surface area (Å²) in [6.07, 6.45) is 3.82. The minimum absolute atomic E-state index is 0.0823. The van der Waals surface area contributed by atoms with Gasteiger partial charge in [0.2, 0.25) is 5.91 Å². The maximum atomic E-state index is 12.9. The molecule has 0 aliphatic carbocycles. The van der Waals surface area contributed by atoms with Crippen LogP contribution in [0.1, 0.15) is 50.7 Å². The number of ether oxygens (including phenoxy) is 1. The lowest BCUT2D eigenvalue weighted by atomic mass is 9.82. The Morgan fingerprint density at radius 2 is 1.66 bits per heavy atom. The molecule has 0 bridgehead atoms. The van der Waals surface area contributed by atoms with Gasteiger partial charge in [0.15, 0.2) is 0 Å². The van der Waals surface area contributed by atoms with Gasteiger partial charge < -0.3 is 15.0 Å². The van der Waals surface area contributed by atoms with E-state index in [4.69, 9.17) is 27.9 Å². The van der Waals surface area contributed by atoms with Crippen molar-refractivity contribution < 1.29 is 9.53 Å². The Balaban J connectivity index is 1.54. The van der Waals surface area contributed by atoms with Crippen LogP contribution in [0.25, 0.3) is 11.1 Å².